The van der Waals surface area contributed by atoms with Crippen LogP contribution in [-0.2, 0) is 35.9 Å². The van der Waals surface area contributed by atoms with Gasteiger partial charge in [0.1, 0.15) is 0 Å². The molecule has 2 aliphatic rings. The van der Waals surface area contributed by atoms with Gasteiger partial charge >= 0.3 is 6.09 Å². The first-order valence-corrected chi connectivity index (χ1v) is 18.2. The van der Waals surface area contributed by atoms with E-state index in [4.69, 9.17) is 15.2 Å². The van der Waals surface area contributed by atoms with E-state index in [1.807, 2.05) is 30.3 Å². The van der Waals surface area contributed by atoms with Crippen molar-refractivity contribution in [1.29, 1.82) is 0 Å². The summed E-state index contributed by atoms with van der Waals surface area (Å²) in [6.45, 7) is 3.67. The van der Waals surface area contributed by atoms with Gasteiger partial charge in [-0.05, 0) is 48.4 Å². The lowest BCUT2D eigenvalue weighted by molar-refractivity contribution is -0.0906. The zero-order valence-electron chi connectivity index (χ0n) is 25.8. The number of carboxylic acid groups (broad SMARTS) is 1. The molecule has 5 N–H and O–H groups in total. The Morgan fingerprint density at radius 2 is 1.82 bits per heavy atom. The maximum Gasteiger partial charge on any atom is 0.407 e. The summed E-state index contributed by atoms with van der Waals surface area (Å²) in [6.07, 6.45) is -1.19. The van der Waals surface area contributed by atoms with E-state index in [0.717, 1.165) is 16.1 Å². The molecule has 2 saturated heterocycles. The quantitative estimate of drug-likeness (QED) is 0.204. The molecule has 15 heteroatoms. The van der Waals surface area contributed by atoms with E-state index in [9.17, 15) is 31.8 Å². The largest absolute Gasteiger partial charge is 0.465 e. The molecule has 0 saturated carbocycles. The molecule has 250 valence electrons. The van der Waals surface area contributed by atoms with Gasteiger partial charge in [-0.15, -0.1) is 0 Å². The highest BCUT2D eigenvalue weighted by molar-refractivity contribution is 7.89. The number of amides is 1. The fourth-order valence-corrected chi connectivity index (χ4v) is 8.24. The van der Waals surface area contributed by atoms with Crippen LogP contribution in [0.25, 0.3) is 0 Å². The fraction of sp³-hybridized carbons (Fsp3) is 0.567. The summed E-state index contributed by atoms with van der Waals surface area (Å²) >= 11 is 0. The number of hydrogen-bond acceptors (Lipinski definition) is 9. The van der Waals surface area contributed by atoms with E-state index in [-0.39, 0.29) is 49.0 Å². The van der Waals surface area contributed by atoms with E-state index < -0.39 is 62.6 Å². The van der Waals surface area contributed by atoms with Gasteiger partial charge in [0.2, 0.25) is 20.0 Å². The van der Waals surface area contributed by atoms with Crippen LogP contribution in [0.3, 0.4) is 0 Å². The summed E-state index contributed by atoms with van der Waals surface area (Å²) < 4.78 is 66.5. The molecule has 45 heavy (non-hydrogen) atoms. The van der Waals surface area contributed by atoms with Gasteiger partial charge in [-0.2, -0.15) is 4.31 Å². The van der Waals surface area contributed by atoms with Crippen LogP contribution in [0.1, 0.15) is 32.3 Å². The Morgan fingerprint density at radius 1 is 1.11 bits per heavy atom. The number of sulfonamides is 2. The maximum atomic E-state index is 14.1. The van der Waals surface area contributed by atoms with Crippen molar-refractivity contribution in [3.63, 3.8) is 0 Å². The molecule has 2 heterocycles. The molecule has 2 aromatic rings. The smallest absolute Gasteiger partial charge is 0.407 e. The zero-order chi connectivity index (χ0) is 33.0. The van der Waals surface area contributed by atoms with Crippen molar-refractivity contribution >= 4 is 31.8 Å². The minimum Gasteiger partial charge on any atom is -0.465 e. The van der Waals surface area contributed by atoms with Gasteiger partial charge in [0.25, 0.3) is 0 Å². The average molecular weight is 669 g/mol. The van der Waals surface area contributed by atoms with Crippen LogP contribution >= 0.6 is 0 Å². The summed E-state index contributed by atoms with van der Waals surface area (Å²) in [5, 5.41) is 22.4. The first-order valence-electron chi connectivity index (χ1n) is 14.8. The monoisotopic (exact) mass is 668 g/mol. The lowest BCUT2D eigenvalue weighted by atomic mass is 9.89. The van der Waals surface area contributed by atoms with Gasteiger partial charge in [-0.25, -0.2) is 26.4 Å². The van der Waals surface area contributed by atoms with Crippen molar-refractivity contribution in [2.24, 2.45) is 11.3 Å². The number of ether oxygens (including phenoxy) is 2. The number of nitrogens with one attached hydrogen (secondary N) is 1. The minimum atomic E-state index is -4.25. The fourth-order valence-electron chi connectivity index (χ4n) is 6.07. The van der Waals surface area contributed by atoms with Crippen molar-refractivity contribution in [1.82, 2.24) is 13.9 Å². The highest BCUT2D eigenvalue weighted by Gasteiger charge is 2.49. The number of benzene rings is 2. The Hall–Kier alpha value is -2.79. The Bertz CT molecular complexity index is 1520. The zero-order valence-corrected chi connectivity index (χ0v) is 27.4. The Kier molecular flexibility index (Phi) is 11.2. The highest BCUT2D eigenvalue weighted by atomic mass is 32.2. The van der Waals surface area contributed by atoms with E-state index in [0.29, 0.717) is 13.0 Å². The summed E-state index contributed by atoms with van der Waals surface area (Å²) in [5.74, 6) is -0.222. The van der Waals surface area contributed by atoms with Crippen molar-refractivity contribution < 1.29 is 41.3 Å². The number of rotatable bonds is 15. The summed E-state index contributed by atoms with van der Waals surface area (Å²) in [6, 6.07) is 13.3. The second-order valence-corrected chi connectivity index (χ2v) is 16.3. The lowest BCUT2D eigenvalue weighted by Gasteiger charge is -2.40. The molecule has 4 rings (SSSR count). The molecule has 2 fully saturated rings. The van der Waals surface area contributed by atoms with Gasteiger partial charge in [0, 0.05) is 31.2 Å². The third-order valence-corrected chi connectivity index (χ3v) is 10.9. The van der Waals surface area contributed by atoms with Crippen LogP contribution in [0.15, 0.2) is 59.5 Å². The molecular formula is C30H44N4O9S2. The standard InChI is InChI=1S/C30H44N4O9S2/c1-30(2,13-14-32-44(3,38)39)20-33(45(40,41)23-11-7-10-22(31)17-23)18-27(35)25(16-21-8-5-4-6-9-21)34(29(36)37)26-19-43-28-24(26)12-15-42-28/h4-11,17,24-28,32,35H,12-16,18-20,31H2,1-3H3,(H,36,37)/t24-,25-,26-,27+,28+/m0/s1. The Morgan fingerprint density at radius 3 is 2.47 bits per heavy atom. The van der Waals surface area contributed by atoms with Crippen LogP contribution in [0.4, 0.5) is 10.5 Å². The van der Waals surface area contributed by atoms with Crippen molar-refractivity contribution in [2.45, 2.75) is 62.5 Å². The van der Waals surface area contributed by atoms with Crippen molar-refractivity contribution in [3.05, 3.63) is 60.2 Å². The SMILES string of the molecule is CC(C)(CCNS(C)(=O)=O)CN(C[C@@H](O)[C@H](Cc1ccccc1)N(C(=O)O)[C@H]1CO[C@H]2OCC[C@H]21)S(=O)(=O)c1cccc(N)c1. The summed E-state index contributed by atoms with van der Waals surface area (Å²) in [4.78, 5) is 14.0. The molecule has 2 aromatic carbocycles. The predicted molar refractivity (Wildman–Crippen MR) is 168 cm³/mol. The van der Waals surface area contributed by atoms with E-state index in [1.165, 1.54) is 23.1 Å². The number of hydrogen-bond donors (Lipinski definition) is 4. The number of fused-ring (bicyclic) bond motifs is 1. The second-order valence-electron chi connectivity index (χ2n) is 12.6. The van der Waals surface area contributed by atoms with Crippen molar-refractivity contribution in [2.75, 3.05) is 44.8 Å². The molecule has 0 radical (unpaired) electrons. The molecule has 0 aromatic heterocycles. The van der Waals surface area contributed by atoms with Crippen molar-refractivity contribution in [3.8, 4) is 0 Å². The van der Waals surface area contributed by atoms with E-state index >= 15 is 0 Å². The van der Waals surface area contributed by atoms with Gasteiger partial charge in [0.15, 0.2) is 6.29 Å². The molecular weight excluding hydrogens is 624 g/mol. The van der Waals surface area contributed by atoms with Crippen LogP contribution in [0.5, 0.6) is 0 Å². The first-order chi connectivity index (χ1) is 21.1. The molecule has 5 atom stereocenters. The number of anilines is 1. The number of aliphatic hydroxyl groups excluding tert-OH is 1. The molecule has 2 aliphatic heterocycles. The molecule has 0 spiro atoms. The topological polar surface area (TPSA) is 189 Å². The predicted octanol–water partition coefficient (Wildman–Crippen LogP) is 1.94. The Labute approximate surface area is 265 Å². The molecule has 0 unspecified atom stereocenters. The summed E-state index contributed by atoms with van der Waals surface area (Å²) in [7, 11) is -7.71. The third kappa shape index (κ3) is 9.15. The number of aliphatic hydroxyl groups is 1. The van der Waals surface area contributed by atoms with Crippen LogP contribution in [0, 0.1) is 11.3 Å². The molecule has 1 amide bonds. The van der Waals surface area contributed by atoms with Crippen LogP contribution < -0.4 is 10.5 Å². The average Bonchev–Trinajstić information content (AvgIpc) is 3.57. The Balaban J connectivity index is 1.69. The van der Waals surface area contributed by atoms with Gasteiger partial charge in [-0.1, -0.05) is 50.2 Å². The van der Waals surface area contributed by atoms with Gasteiger partial charge in [0.05, 0.1) is 42.6 Å². The highest BCUT2D eigenvalue weighted by Crippen LogP contribution is 2.36. The van der Waals surface area contributed by atoms with E-state index in [2.05, 4.69) is 4.72 Å². The number of nitrogens with zero attached hydrogens (tertiary/aromatic N) is 2. The van der Waals surface area contributed by atoms with E-state index in [1.54, 1.807) is 19.9 Å². The maximum absolute atomic E-state index is 14.1. The second kappa shape index (κ2) is 14.3. The number of carbonyl (C=O) groups is 1. The lowest BCUT2D eigenvalue weighted by Crippen LogP contribution is -2.58. The normalized spacial score (nSPS) is 21.8. The molecule has 13 nitrogen and oxygen atoms in total. The first kappa shape index (κ1) is 35.1. The van der Waals surface area contributed by atoms with Crippen LogP contribution in [-0.4, -0.2) is 106 Å². The molecule has 0 aliphatic carbocycles. The minimum absolute atomic E-state index is 0.0791. The molecule has 0 bridgehead atoms. The summed E-state index contributed by atoms with van der Waals surface area (Å²) in [5.41, 5.74) is 6.17. The number of nitrogens with two attached hydrogens (primary N) is 1. The van der Waals surface area contributed by atoms with Gasteiger partial charge in [-0.3, -0.25) is 4.90 Å². The van der Waals surface area contributed by atoms with Gasteiger partial charge < -0.3 is 25.4 Å². The van der Waals surface area contributed by atoms with Crippen LogP contribution in [0.2, 0.25) is 0 Å². The third-order valence-electron chi connectivity index (χ3n) is 8.33. The number of nitrogen functional groups attached to an aromatic ring is 1.